The van der Waals surface area contributed by atoms with Gasteiger partial charge in [0.15, 0.2) is 5.96 Å². The summed E-state index contributed by atoms with van der Waals surface area (Å²) in [5.41, 5.74) is 0.666. The highest BCUT2D eigenvalue weighted by Crippen LogP contribution is 2.30. The number of likely N-dealkylation sites (N-methyl/N-ethyl adjacent to an activating group) is 1. The van der Waals surface area contributed by atoms with Crippen molar-refractivity contribution in [3.8, 4) is 0 Å². The van der Waals surface area contributed by atoms with Gasteiger partial charge in [-0.2, -0.15) is 0 Å². The van der Waals surface area contributed by atoms with Crippen molar-refractivity contribution in [3.05, 3.63) is 35.9 Å². The van der Waals surface area contributed by atoms with Crippen LogP contribution in [0.1, 0.15) is 91.5 Å². The van der Waals surface area contributed by atoms with Crippen LogP contribution in [-0.2, 0) is 54.7 Å². The molecule has 8 atom stereocenters. The predicted molar refractivity (Wildman–Crippen MR) is 253 cm³/mol. The summed E-state index contributed by atoms with van der Waals surface area (Å²) in [6.07, 6.45) is 0.294. The Balaban J connectivity index is 2.28. The van der Waals surface area contributed by atoms with Crippen molar-refractivity contribution in [1.82, 2.24) is 35.0 Å². The molecule has 1 aliphatic heterocycles. The quantitative estimate of drug-likeness (QED) is 0.0564. The number of guanidine groups is 1. The summed E-state index contributed by atoms with van der Waals surface area (Å²) in [6, 6.07) is 5.82. The normalized spacial score (nSPS) is 17.0. The molecule has 0 unspecified atom stereocenters. The summed E-state index contributed by atoms with van der Waals surface area (Å²) in [5.74, 6) is -4.29. The molecular formula is C46H78N8O11S. The van der Waals surface area contributed by atoms with Crippen LogP contribution in [0.2, 0.25) is 0 Å². The number of rotatable bonds is 27. The summed E-state index contributed by atoms with van der Waals surface area (Å²) < 4.78 is 40.1. The SMILES string of the molecule is CC[C@H](C)[C@@H]([C@H](CC(=O)N1CCC[C@H]1[C@H](OC)[C@@H](C)C(=O)N[C@@H](Cc1ccccc1)C(=O)NS(=O)(=O)CCCNC(=O)CCCC(=O)O)OC)N(C)C(=O)[C@@H](N=C(N(C)C)N(C)C)C(C)C. The number of nitrogens with one attached hydrogen (secondary N) is 3. The molecule has 4 N–H and O–H groups in total. The minimum atomic E-state index is -4.20. The number of likely N-dealkylation sites (tertiary alicyclic amines) is 1. The van der Waals surface area contributed by atoms with Crippen molar-refractivity contribution >= 4 is 51.5 Å². The molecule has 5 amide bonds. The second kappa shape index (κ2) is 27.7. The maximum atomic E-state index is 14.4. The van der Waals surface area contributed by atoms with Gasteiger partial charge in [-0.15, -0.1) is 0 Å². The maximum absolute atomic E-state index is 14.4. The third-order valence-corrected chi connectivity index (χ3v) is 13.4. The van der Waals surface area contributed by atoms with Crippen LogP contribution in [0.25, 0.3) is 0 Å². The maximum Gasteiger partial charge on any atom is 0.303 e. The number of sulfonamides is 1. The number of benzene rings is 1. The van der Waals surface area contributed by atoms with Crippen LogP contribution in [0.3, 0.4) is 0 Å². The third kappa shape index (κ3) is 17.8. The van der Waals surface area contributed by atoms with Crippen LogP contribution < -0.4 is 15.4 Å². The fourth-order valence-electron chi connectivity index (χ4n) is 8.38. The van der Waals surface area contributed by atoms with Crippen molar-refractivity contribution in [2.45, 2.75) is 129 Å². The smallest absolute Gasteiger partial charge is 0.303 e. The number of aliphatic imine (C=N–C) groups is 1. The topological polar surface area (TPSA) is 237 Å². The molecule has 0 aliphatic carbocycles. The minimum Gasteiger partial charge on any atom is -0.481 e. The minimum absolute atomic E-state index is 0.00732. The van der Waals surface area contributed by atoms with Gasteiger partial charge in [0.1, 0.15) is 12.1 Å². The number of hydrogen-bond donors (Lipinski definition) is 4. The molecular weight excluding hydrogens is 873 g/mol. The first-order valence-electron chi connectivity index (χ1n) is 22.9. The van der Waals surface area contributed by atoms with Gasteiger partial charge in [0.25, 0.3) is 5.91 Å². The van der Waals surface area contributed by atoms with E-state index >= 15 is 0 Å². The number of amides is 5. The first-order valence-corrected chi connectivity index (χ1v) is 24.6. The Morgan fingerprint density at radius 3 is 2.09 bits per heavy atom. The number of hydrogen-bond acceptors (Lipinski definition) is 11. The van der Waals surface area contributed by atoms with E-state index in [0.717, 1.165) is 0 Å². The lowest BCUT2D eigenvalue weighted by atomic mass is 9.89. The van der Waals surface area contributed by atoms with Crippen LogP contribution in [-0.4, -0.2) is 179 Å². The Kier molecular flexibility index (Phi) is 24.1. The van der Waals surface area contributed by atoms with Gasteiger partial charge in [-0.3, -0.25) is 33.5 Å². The molecule has 1 fully saturated rings. The van der Waals surface area contributed by atoms with E-state index in [9.17, 15) is 37.2 Å². The van der Waals surface area contributed by atoms with Gasteiger partial charge in [0.05, 0.1) is 42.4 Å². The van der Waals surface area contributed by atoms with Gasteiger partial charge in [0.2, 0.25) is 33.7 Å². The first-order chi connectivity index (χ1) is 31.0. The van der Waals surface area contributed by atoms with Crippen LogP contribution in [0, 0.1) is 17.8 Å². The fraction of sp³-hybridized carbons (Fsp3) is 0.717. The molecule has 0 radical (unpaired) electrons. The van der Waals surface area contributed by atoms with Crippen LogP contribution in [0.15, 0.2) is 35.3 Å². The second-order valence-electron chi connectivity index (χ2n) is 18.0. The van der Waals surface area contributed by atoms with E-state index < -0.39 is 81.8 Å². The Bertz CT molecular complexity index is 1870. The Hall–Kier alpha value is -4.82. The molecule has 1 heterocycles. The zero-order chi connectivity index (χ0) is 49.9. The lowest BCUT2D eigenvalue weighted by Crippen LogP contribution is -2.56. The highest BCUT2D eigenvalue weighted by molar-refractivity contribution is 7.90. The number of carboxylic acids is 1. The molecule has 1 saturated heterocycles. The van der Waals surface area contributed by atoms with Gasteiger partial charge < -0.3 is 44.8 Å². The Morgan fingerprint density at radius 2 is 1.55 bits per heavy atom. The number of methoxy groups -OCH3 is 2. The summed E-state index contributed by atoms with van der Waals surface area (Å²) in [6.45, 7) is 10.00. The standard InChI is InChI=1S/C46H78N8O11S/c1-13-31(4)41(53(10)45(61)40(30(2)3)49-46(51(6)7)52(8)9)36(64-11)29-38(56)54-26-18-22-35(54)42(65-12)32(5)43(59)48-34(28-33-20-15-14-16-21-33)44(60)50-66(62,63)27-19-25-47-37(55)23-17-24-39(57)58/h14-16,20-21,30-32,34-36,40-42H,13,17-19,22-29H2,1-12H3,(H,47,55)(H,48,59)(H,50,60)(H,57,58)/t31-,32+,34-,35-,36-,40-,41-,42+/m0/s1. The van der Waals surface area contributed by atoms with Crippen LogP contribution in [0.5, 0.6) is 0 Å². The van der Waals surface area contributed by atoms with Gasteiger partial charge in [-0.1, -0.05) is 71.4 Å². The average Bonchev–Trinajstić information content (AvgIpc) is 3.74. The largest absolute Gasteiger partial charge is 0.481 e. The van der Waals surface area contributed by atoms with Gasteiger partial charge >= 0.3 is 5.97 Å². The number of ether oxygens (including phenoxy) is 2. The highest BCUT2D eigenvalue weighted by Gasteiger charge is 2.43. The highest BCUT2D eigenvalue weighted by atomic mass is 32.2. The molecule has 374 valence electrons. The van der Waals surface area contributed by atoms with E-state index in [1.807, 2.05) is 65.7 Å². The molecule has 1 aliphatic rings. The van der Waals surface area contributed by atoms with Crippen molar-refractivity contribution in [2.24, 2.45) is 22.7 Å². The summed E-state index contributed by atoms with van der Waals surface area (Å²) in [4.78, 5) is 91.1. The summed E-state index contributed by atoms with van der Waals surface area (Å²) >= 11 is 0. The lowest BCUT2D eigenvalue weighted by molar-refractivity contribution is -0.146. The molecule has 0 saturated carbocycles. The zero-order valence-corrected chi connectivity index (χ0v) is 42.1. The number of aliphatic carboxylic acids is 1. The molecule has 20 heteroatoms. The number of carbonyl (C=O) groups excluding carboxylic acids is 5. The summed E-state index contributed by atoms with van der Waals surface area (Å²) in [5, 5.41) is 14.1. The number of nitrogens with zero attached hydrogens (tertiary/aromatic N) is 5. The Morgan fingerprint density at radius 1 is 0.909 bits per heavy atom. The van der Waals surface area contributed by atoms with Gasteiger partial charge in [-0.05, 0) is 43.1 Å². The van der Waals surface area contributed by atoms with Crippen LogP contribution >= 0.6 is 0 Å². The van der Waals surface area contributed by atoms with E-state index in [4.69, 9.17) is 19.6 Å². The monoisotopic (exact) mass is 951 g/mol. The first kappa shape index (κ1) is 57.3. The van der Waals surface area contributed by atoms with Crippen molar-refractivity contribution in [2.75, 3.05) is 68.3 Å². The summed E-state index contributed by atoms with van der Waals surface area (Å²) in [7, 11) is 8.03. The van der Waals surface area contributed by atoms with E-state index in [2.05, 4.69) is 15.4 Å². The molecule has 19 nitrogen and oxygen atoms in total. The predicted octanol–water partition coefficient (Wildman–Crippen LogP) is 2.35. The van der Waals surface area contributed by atoms with Crippen LogP contribution in [0.4, 0.5) is 0 Å². The number of carboxylic acid groups (broad SMARTS) is 1. The van der Waals surface area contributed by atoms with Gasteiger partial charge in [0, 0.05) is 81.8 Å². The van der Waals surface area contributed by atoms with Crippen molar-refractivity contribution < 1.29 is 51.8 Å². The molecule has 2 rings (SSSR count). The molecule has 0 spiro atoms. The number of carbonyl (C=O) groups is 6. The second-order valence-corrected chi connectivity index (χ2v) is 19.8. The molecule has 0 bridgehead atoms. The third-order valence-electron chi connectivity index (χ3n) is 12.1. The lowest BCUT2D eigenvalue weighted by Gasteiger charge is -2.40. The average molecular weight is 951 g/mol. The van der Waals surface area contributed by atoms with Gasteiger partial charge in [-0.25, -0.2) is 13.4 Å². The molecule has 66 heavy (non-hydrogen) atoms. The molecule has 1 aromatic carbocycles. The van der Waals surface area contributed by atoms with E-state index in [-0.39, 0.29) is 68.7 Å². The van der Waals surface area contributed by atoms with Crippen molar-refractivity contribution in [3.63, 3.8) is 0 Å². The van der Waals surface area contributed by atoms with E-state index in [1.165, 1.54) is 14.2 Å². The van der Waals surface area contributed by atoms with Crippen molar-refractivity contribution in [1.29, 1.82) is 0 Å². The fourth-order valence-corrected chi connectivity index (χ4v) is 9.45. The van der Waals surface area contributed by atoms with E-state index in [1.54, 1.807) is 54.1 Å². The zero-order valence-electron chi connectivity index (χ0n) is 41.2. The molecule has 0 aromatic heterocycles. The molecule has 1 aromatic rings. The van der Waals surface area contributed by atoms with E-state index in [0.29, 0.717) is 37.3 Å². The Labute approximate surface area is 392 Å².